The Kier molecular flexibility index (Phi) is 7.50. The van der Waals surface area contributed by atoms with E-state index in [1.807, 2.05) is 11.8 Å². The van der Waals surface area contributed by atoms with Gasteiger partial charge in [0, 0.05) is 48.4 Å². The van der Waals surface area contributed by atoms with Gasteiger partial charge in [-0.3, -0.25) is 9.89 Å². The summed E-state index contributed by atoms with van der Waals surface area (Å²) in [6.07, 6.45) is 8.38. The highest BCUT2D eigenvalue weighted by molar-refractivity contribution is 14.0. The van der Waals surface area contributed by atoms with Crippen LogP contribution in [0.2, 0.25) is 0 Å². The molecule has 1 saturated heterocycles. The molecule has 2 aliphatic heterocycles. The third-order valence-electron chi connectivity index (χ3n) is 5.56. The average Bonchev–Trinajstić information content (AvgIpc) is 3.08. The van der Waals surface area contributed by atoms with E-state index in [1.54, 1.807) is 0 Å². The summed E-state index contributed by atoms with van der Waals surface area (Å²) in [5.41, 5.74) is 0. The molecule has 1 aromatic carbocycles. The summed E-state index contributed by atoms with van der Waals surface area (Å²) in [6, 6.07) is 11.4. The van der Waals surface area contributed by atoms with Crippen LogP contribution >= 0.6 is 35.7 Å². The number of nitrogens with one attached hydrogen (secondary N) is 1. The standard InChI is InChI=1S/C21H30N4S.HI/c1-2-22-20(25-15-10-18(16-25)24-13-6-7-14-24)23-17-21(11-12-21)26-19-8-4-3-5-9-19;/h3-9,18H,2,10-17H2,1H3,(H,22,23);1H. The van der Waals surface area contributed by atoms with E-state index in [0.29, 0.717) is 10.8 Å². The van der Waals surface area contributed by atoms with Crippen LogP contribution in [0.25, 0.3) is 0 Å². The Morgan fingerprint density at radius 2 is 1.96 bits per heavy atom. The number of hydrogen-bond acceptors (Lipinski definition) is 3. The van der Waals surface area contributed by atoms with Crippen LogP contribution in [-0.2, 0) is 0 Å². The lowest BCUT2D eigenvalue weighted by molar-refractivity contribution is 0.259. The van der Waals surface area contributed by atoms with E-state index < -0.39 is 0 Å². The van der Waals surface area contributed by atoms with Crippen LogP contribution in [0.4, 0.5) is 0 Å². The summed E-state index contributed by atoms with van der Waals surface area (Å²) in [4.78, 5) is 11.5. The first kappa shape index (κ1) is 21.0. The number of likely N-dealkylation sites (tertiary alicyclic amines) is 1. The maximum atomic E-state index is 5.06. The van der Waals surface area contributed by atoms with Crippen molar-refractivity contribution < 1.29 is 0 Å². The van der Waals surface area contributed by atoms with Crippen LogP contribution in [0.15, 0.2) is 52.4 Å². The van der Waals surface area contributed by atoms with Crippen molar-refractivity contribution in [2.45, 2.75) is 41.9 Å². The van der Waals surface area contributed by atoms with E-state index >= 15 is 0 Å². The lowest BCUT2D eigenvalue weighted by Crippen LogP contribution is -2.43. The second kappa shape index (κ2) is 9.65. The number of rotatable bonds is 6. The molecule has 0 radical (unpaired) electrons. The second-order valence-corrected chi connectivity index (χ2v) is 9.12. The molecule has 0 bridgehead atoms. The highest BCUT2D eigenvalue weighted by Gasteiger charge is 2.44. The number of nitrogens with zero attached hydrogens (tertiary/aromatic N) is 3. The van der Waals surface area contributed by atoms with Gasteiger partial charge in [0.15, 0.2) is 5.96 Å². The number of hydrogen-bond donors (Lipinski definition) is 1. The molecule has 4 rings (SSSR count). The minimum absolute atomic E-state index is 0. The molecule has 1 atom stereocenters. The normalized spacial score (nSPS) is 24.1. The molecule has 1 unspecified atom stereocenters. The molecule has 0 spiro atoms. The van der Waals surface area contributed by atoms with Gasteiger partial charge in [-0.2, -0.15) is 0 Å². The third kappa shape index (κ3) is 5.41. The summed E-state index contributed by atoms with van der Waals surface area (Å²) in [6.45, 7) is 8.47. The van der Waals surface area contributed by atoms with E-state index in [4.69, 9.17) is 4.99 Å². The fourth-order valence-electron chi connectivity index (χ4n) is 3.84. The van der Waals surface area contributed by atoms with E-state index in [0.717, 1.165) is 45.2 Å². The maximum absolute atomic E-state index is 5.06. The van der Waals surface area contributed by atoms with Gasteiger partial charge in [-0.25, -0.2) is 0 Å². The predicted molar refractivity (Wildman–Crippen MR) is 126 cm³/mol. The van der Waals surface area contributed by atoms with Crippen molar-refractivity contribution in [1.82, 2.24) is 15.1 Å². The van der Waals surface area contributed by atoms with Gasteiger partial charge < -0.3 is 10.2 Å². The molecule has 1 aromatic rings. The minimum atomic E-state index is 0. The largest absolute Gasteiger partial charge is 0.357 e. The SMILES string of the molecule is CCNC(=NCC1(Sc2ccccc2)CC1)N1CCC(N2CC=CC2)C1.I. The van der Waals surface area contributed by atoms with Crippen LogP contribution in [0, 0.1) is 0 Å². The van der Waals surface area contributed by atoms with Gasteiger partial charge >= 0.3 is 0 Å². The molecule has 0 amide bonds. The number of guanidine groups is 1. The Hall–Kier alpha value is -0.730. The van der Waals surface area contributed by atoms with Crippen molar-refractivity contribution in [3.05, 3.63) is 42.5 Å². The highest BCUT2D eigenvalue weighted by Crippen LogP contribution is 2.51. The zero-order chi connectivity index (χ0) is 17.8. The average molecular weight is 498 g/mol. The summed E-state index contributed by atoms with van der Waals surface area (Å²) in [7, 11) is 0. The van der Waals surface area contributed by atoms with Crippen molar-refractivity contribution in [1.29, 1.82) is 0 Å². The molecule has 27 heavy (non-hydrogen) atoms. The first-order chi connectivity index (χ1) is 12.8. The number of halogens is 1. The molecule has 2 heterocycles. The minimum Gasteiger partial charge on any atom is -0.357 e. The van der Waals surface area contributed by atoms with Gasteiger partial charge in [0.2, 0.25) is 0 Å². The van der Waals surface area contributed by atoms with E-state index in [2.05, 4.69) is 64.5 Å². The van der Waals surface area contributed by atoms with Crippen molar-refractivity contribution in [3.63, 3.8) is 0 Å². The lowest BCUT2D eigenvalue weighted by atomic mass is 10.2. The molecular formula is C21H31IN4S. The lowest BCUT2D eigenvalue weighted by Gasteiger charge is -2.26. The van der Waals surface area contributed by atoms with Gasteiger partial charge in [0.05, 0.1) is 6.54 Å². The van der Waals surface area contributed by atoms with Gasteiger partial charge in [-0.15, -0.1) is 35.7 Å². The molecule has 1 aliphatic carbocycles. The molecule has 2 fully saturated rings. The molecule has 0 aromatic heterocycles. The molecule has 3 aliphatic rings. The maximum Gasteiger partial charge on any atom is 0.194 e. The number of thioether (sulfide) groups is 1. The van der Waals surface area contributed by atoms with E-state index in [-0.39, 0.29) is 24.0 Å². The van der Waals surface area contributed by atoms with Crippen LogP contribution in [-0.4, -0.2) is 65.8 Å². The highest BCUT2D eigenvalue weighted by atomic mass is 127. The zero-order valence-electron chi connectivity index (χ0n) is 16.1. The fraction of sp³-hybridized carbons (Fsp3) is 0.571. The van der Waals surface area contributed by atoms with Crippen molar-refractivity contribution in [2.75, 3.05) is 39.3 Å². The molecular weight excluding hydrogens is 467 g/mol. The molecule has 1 saturated carbocycles. The molecule has 1 N–H and O–H groups in total. The van der Waals surface area contributed by atoms with Crippen LogP contribution in [0.1, 0.15) is 26.2 Å². The zero-order valence-corrected chi connectivity index (χ0v) is 19.3. The Balaban J connectivity index is 0.00000210. The first-order valence-corrected chi connectivity index (χ1v) is 10.8. The molecule has 4 nitrogen and oxygen atoms in total. The van der Waals surface area contributed by atoms with Gasteiger partial charge in [-0.1, -0.05) is 30.4 Å². The number of aliphatic imine (C=N–C) groups is 1. The Bertz CT molecular complexity index is 651. The van der Waals surface area contributed by atoms with Crippen molar-refractivity contribution >= 4 is 41.7 Å². The van der Waals surface area contributed by atoms with Crippen molar-refractivity contribution in [2.24, 2.45) is 4.99 Å². The van der Waals surface area contributed by atoms with Crippen LogP contribution < -0.4 is 5.32 Å². The van der Waals surface area contributed by atoms with Crippen molar-refractivity contribution in [3.8, 4) is 0 Å². The topological polar surface area (TPSA) is 30.9 Å². The second-order valence-electron chi connectivity index (χ2n) is 7.58. The monoisotopic (exact) mass is 498 g/mol. The van der Waals surface area contributed by atoms with Gasteiger partial charge in [-0.05, 0) is 38.3 Å². The Morgan fingerprint density at radius 3 is 2.63 bits per heavy atom. The van der Waals surface area contributed by atoms with Gasteiger partial charge in [0.25, 0.3) is 0 Å². The Morgan fingerprint density at radius 1 is 1.22 bits per heavy atom. The van der Waals surface area contributed by atoms with Crippen LogP contribution in [0.5, 0.6) is 0 Å². The van der Waals surface area contributed by atoms with Gasteiger partial charge in [0.1, 0.15) is 0 Å². The summed E-state index contributed by atoms with van der Waals surface area (Å²) >= 11 is 2.01. The smallest absolute Gasteiger partial charge is 0.194 e. The fourth-order valence-corrected chi connectivity index (χ4v) is 5.07. The quantitative estimate of drug-likeness (QED) is 0.280. The van der Waals surface area contributed by atoms with E-state index in [9.17, 15) is 0 Å². The number of benzene rings is 1. The first-order valence-electron chi connectivity index (χ1n) is 9.94. The predicted octanol–water partition coefficient (Wildman–Crippen LogP) is 3.84. The van der Waals surface area contributed by atoms with Crippen LogP contribution in [0.3, 0.4) is 0 Å². The third-order valence-corrected chi connectivity index (χ3v) is 7.04. The molecule has 6 heteroatoms. The molecule has 148 valence electrons. The summed E-state index contributed by atoms with van der Waals surface area (Å²) in [5, 5.41) is 3.53. The summed E-state index contributed by atoms with van der Waals surface area (Å²) < 4.78 is 0.319. The summed E-state index contributed by atoms with van der Waals surface area (Å²) in [5.74, 6) is 1.11. The van der Waals surface area contributed by atoms with E-state index in [1.165, 1.54) is 24.2 Å². The Labute approximate surface area is 184 Å².